The first-order valence-corrected chi connectivity index (χ1v) is 19.8. The topological polar surface area (TPSA) is 127 Å². The molecule has 7 rings (SSSR count). The normalized spacial score (nSPS) is 15.1. The molecule has 4 amide bonds. The van der Waals surface area contributed by atoms with Crippen molar-refractivity contribution in [2.24, 2.45) is 11.5 Å². The SMILES string of the molecule is CCCCC1(N(C)C)CCC(c2c(CCN(C(N)=O)c3ccccc3)[nH]c3ccccc23)(c2c(CCN(C(N)=O)c3ccccc3)[nH]c3ccccc23)CC1. The zero-order valence-corrected chi connectivity index (χ0v) is 32.5. The van der Waals surface area contributed by atoms with Crippen LogP contribution in [0.15, 0.2) is 109 Å². The molecule has 6 N–H and O–H groups in total. The minimum atomic E-state index is -0.473. The number of amides is 4. The predicted octanol–water partition coefficient (Wildman–Crippen LogP) is 9.26. The van der Waals surface area contributed by atoms with E-state index < -0.39 is 12.1 Å². The summed E-state index contributed by atoms with van der Waals surface area (Å²) in [5.74, 6) is 0. The number of anilines is 2. The van der Waals surface area contributed by atoms with Gasteiger partial charge in [-0.1, -0.05) is 92.6 Å². The molecule has 286 valence electrons. The number of carbonyl (C=O) groups is 2. The third-order valence-electron chi connectivity index (χ3n) is 12.3. The Kier molecular flexibility index (Phi) is 11.0. The molecule has 9 heteroatoms. The molecule has 6 aromatic rings. The highest BCUT2D eigenvalue weighted by atomic mass is 16.2. The van der Waals surface area contributed by atoms with Gasteiger partial charge in [-0.05, 0) is 93.7 Å². The van der Waals surface area contributed by atoms with Gasteiger partial charge in [0.2, 0.25) is 0 Å². The summed E-state index contributed by atoms with van der Waals surface area (Å²) >= 11 is 0. The number of benzene rings is 4. The number of aromatic nitrogens is 2. The largest absolute Gasteiger partial charge is 0.358 e. The van der Waals surface area contributed by atoms with Crippen LogP contribution in [-0.2, 0) is 18.3 Å². The maximum absolute atomic E-state index is 12.9. The molecule has 1 aliphatic carbocycles. The van der Waals surface area contributed by atoms with Gasteiger partial charge in [-0.25, -0.2) is 9.59 Å². The smallest absolute Gasteiger partial charge is 0.319 e. The quantitative estimate of drug-likeness (QED) is 0.0890. The summed E-state index contributed by atoms with van der Waals surface area (Å²) in [5.41, 5.74) is 20.3. The van der Waals surface area contributed by atoms with Crippen LogP contribution in [0.5, 0.6) is 0 Å². The van der Waals surface area contributed by atoms with Crippen LogP contribution in [0.25, 0.3) is 21.8 Å². The Labute approximate surface area is 324 Å². The average Bonchev–Trinajstić information content (AvgIpc) is 3.77. The second-order valence-electron chi connectivity index (χ2n) is 15.5. The number of aromatic amines is 2. The highest BCUT2D eigenvalue weighted by Crippen LogP contribution is 2.55. The number of nitrogens with one attached hydrogen (secondary N) is 2. The minimum absolute atomic E-state index is 0.0875. The van der Waals surface area contributed by atoms with E-state index in [-0.39, 0.29) is 11.0 Å². The van der Waals surface area contributed by atoms with Crippen LogP contribution in [0.1, 0.15) is 74.4 Å². The third-order valence-corrected chi connectivity index (χ3v) is 12.3. The Morgan fingerprint density at radius 2 is 1.04 bits per heavy atom. The van der Waals surface area contributed by atoms with Crippen LogP contribution in [0.4, 0.5) is 21.0 Å². The number of unbranched alkanes of at least 4 members (excludes halogenated alkanes) is 1. The third kappa shape index (κ3) is 7.33. The highest BCUT2D eigenvalue weighted by Gasteiger charge is 2.49. The summed E-state index contributed by atoms with van der Waals surface area (Å²) in [5, 5.41) is 2.40. The number of nitrogens with two attached hydrogens (primary N) is 2. The molecular formula is C46H55N7O2. The van der Waals surface area contributed by atoms with E-state index in [0.29, 0.717) is 25.9 Å². The second-order valence-corrected chi connectivity index (χ2v) is 15.5. The van der Waals surface area contributed by atoms with Crippen molar-refractivity contribution in [3.63, 3.8) is 0 Å². The molecule has 0 bridgehead atoms. The number of fused-ring (bicyclic) bond motifs is 2. The van der Waals surface area contributed by atoms with Gasteiger partial charge in [0.25, 0.3) is 0 Å². The van der Waals surface area contributed by atoms with Crippen molar-refractivity contribution in [1.82, 2.24) is 14.9 Å². The van der Waals surface area contributed by atoms with Gasteiger partial charge in [-0.15, -0.1) is 0 Å². The lowest BCUT2D eigenvalue weighted by atomic mass is 9.58. The highest BCUT2D eigenvalue weighted by molar-refractivity contribution is 5.93. The number of hydrogen-bond acceptors (Lipinski definition) is 3. The summed E-state index contributed by atoms with van der Waals surface area (Å²) in [6.07, 6.45) is 8.65. The molecular weight excluding hydrogens is 683 g/mol. The number of rotatable bonds is 14. The molecule has 1 fully saturated rings. The van der Waals surface area contributed by atoms with E-state index in [9.17, 15) is 9.59 Å². The number of H-pyrrole nitrogens is 2. The van der Waals surface area contributed by atoms with Crippen LogP contribution in [-0.4, -0.2) is 59.7 Å². The molecule has 0 atom stereocenters. The first-order valence-electron chi connectivity index (χ1n) is 19.8. The summed E-state index contributed by atoms with van der Waals surface area (Å²) < 4.78 is 0. The van der Waals surface area contributed by atoms with E-state index in [4.69, 9.17) is 11.5 Å². The number of urea groups is 2. The lowest BCUT2D eigenvalue weighted by Crippen LogP contribution is -2.51. The van der Waals surface area contributed by atoms with Crippen LogP contribution in [0, 0.1) is 0 Å². The van der Waals surface area contributed by atoms with Crippen LogP contribution in [0.2, 0.25) is 0 Å². The molecule has 4 aromatic carbocycles. The van der Waals surface area contributed by atoms with Crippen molar-refractivity contribution in [2.45, 2.75) is 75.7 Å². The molecule has 9 nitrogen and oxygen atoms in total. The Bertz CT molecular complexity index is 2090. The monoisotopic (exact) mass is 737 g/mol. The Hall–Kier alpha value is -5.54. The molecule has 0 spiro atoms. The van der Waals surface area contributed by atoms with Crippen molar-refractivity contribution in [3.05, 3.63) is 132 Å². The van der Waals surface area contributed by atoms with Crippen LogP contribution < -0.4 is 21.3 Å². The van der Waals surface area contributed by atoms with Gasteiger partial charge in [-0.3, -0.25) is 9.80 Å². The number of para-hydroxylation sites is 4. The first kappa shape index (κ1) is 37.8. The Morgan fingerprint density at radius 3 is 1.44 bits per heavy atom. The summed E-state index contributed by atoms with van der Waals surface area (Å²) in [6.45, 7) is 3.14. The van der Waals surface area contributed by atoms with E-state index in [0.717, 1.165) is 72.3 Å². The number of nitrogens with zero attached hydrogens (tertiary/aromatic N) is 3. The zero-order valence-electron chi connectivity index (χ0n) is 32.5. The van der Waals surface area contributed by atoms with Gasteiger partial charge in [0.15, 0.2) is 0 Å². The van der Waals surface area contributed by atoms with E-state index >= 15 is 0 Å². The fourth-order valence-electron chi connectivity index (χ4n) is 9.45. The van der Waals surface area contributed by atoms with Gasteiger partial charge in [0.05, 0.1) is 0 Å². The molecule has 0 saturated heterocycles. The fourth-order valence-corrected chi connectivity index (χ4v) is 9.45. The number of hydrogen-bond donors (Lipinski definition) is 4. The fraction of sp³-hybridized carbons (Fsp3) is 0.348. The standard InChI is InChI=1S/C46H55N7O2/c1-4-5-26-45(51(2)3)27-29-46(30-28-45,41-35-20-12-14-22-37(35)49-39(41)24-31-52(43(47)54)33-16-8-6-9-17-33)42-36-21-13-15-23-38(36)50-40(42)25-32-53(44(48)55)34-18-10-7-11-19-34/h6-23,49-50H,4-5,24-32H2,1-3H3,(H2,47,54)(H2,48,55). The maximum atomic E-state index is 12.9. The van der Waals surface area contributed by atoms with E-state index in [2.05, 4.69) is 84.4 Å². The van der Waals surface area contributed by atoms with Crippen molar-refractivity contribution < 1.29 is 9.59 Å². The maximum Gasteiger partial charge on any atom is 0.319 e. The molecule has 2 heterocycles. The molecule has 1 aliphatic rings. The van der Waals surface area contributed by atoms with Gasteiger partial charge < -0.3 is 26.3 Å². The summed E-state index contributed by atoms with van der Waals surface area (Å²) in [6, 6.07) is 35.6. The van der Waals surface area contributed by atoms with Crippen molar-refractivity contribution in [2.75, 3.05) is 37.0 Å². The molecule has 0 aliphatic heterocycles. The Balaban J connectivity index is 1.40. The van der Waals surface area contributed by atoms with Gasteiger partial charge in [0, 0.05) is 81.5 Å². The summed E-state index contributed by atoms with van der Waals surface area (Å²) in [7, 11) is 4.50. The van der Waals surface area contributed by atoms with Gasteiger partial charge in [0.1, 0.15) is 0 Å². The molecule has 2 aromatic heterocycles. The van der Waals surface area contributed by atoms with Gasteiger partial charge >= 0.3 is 12.1 Å². The van der Waals surface area contributed by atoms with E-state index in [1.54, 1.807) is 9.80 Å². The lowest BCUT2D eigenvalue weighted by Gasteiger charge is -2.51. The van der Waals surface area contributed by atoms with Crippen molar-refractivity contribution in [1.29, 1.82) is 0 Å². The number of primary amides is 2. The molecule has 55 heavy (non-hydrogen) atoms. The Morgan fingerprint density at radius 1 is 0.618 bits per heavy atom. The average molecular weight is 738 g/mol. The van der Waals surface area contributed by atoms with Crippen LogP contribution in [0.3, 0.4) is 0 Å². The van der Waals surface area contributed by atoms with Crippen molar-refractivity contribution >= 4 is 45.2 Å². The van der Waals surface area contributed by atoms with E-state index in [1.807, 2.05) is 60.7 Å². The van der Waals surface area contributed by atoms with Crippen LogP contribution >= 0.6 is 0 Å². The predicted molar refractivity (Wildman–Crippen MR) is 226 cm³/mol. The number of carbonyl (C=O) groups excluding carboxylic acids is 2. The minimum Gasteiger partial charge on any atom is -0.358 e. The zero-order chi connectivity index (χ0) is 38.6. The second kappa shape index (κ2) is 16.1. The van der Waals surface area contributed by atoms with Gasteiger partial charge in [-0.2, -0.15) is 0 Å². The molecule has 0 radical (unpaired) electrons. The first-order chi connectivity index (χ1) is 26.7. The summed E-state index contributed by atoms with van der Waals surface area (Å²) in [4.78, 5) is 39.4. The lowest BCUT2D eigenvalue weighted by molar-refractivity contribution is 0.0662. The molecule has 0 unspecified atom stereocenters. The van der Waals surface area contributed by atoms with E-state index in [1.165, 1.54) is 28.3 Å². The molecule has 1 saturated carbocycles. The van der Waals surface area contributed by atoms with Crippen molar-refractivity contribution in [3.8, 4) is 0 Å².